The van der Waals surface area contributed by atoms with E-state index in [0.29, 0.717) is 23.1 Å². The number of benzene rings is 3. The van der Waals surface area contributed by atoms with E-state index < -0.39 is 5.97 Å². The molecule has 6 heteroatoms. The second-order valence-corrected chi connectivity index (χ2v) is 9.73. The predicted molar refractivity (Wildman–Crippen MR) is 138 cm³/mol. The Labute approximate surface area is 212 Å². The lowest BCUT2D eigenvalue weighted by molar-refractivity contribution is 0.0469. The summed E-state index contributed by atoms with van der Waals surface area (Å²) in [6.45, 7) is 0.0222. The number of esters is 1. The molecule has 5 nitrogen and oxygen atoms in total. The molecule has 0 atom stereocenters. The summed E-state index contributed by atoms with van der Waals surface area (Å²) in [5.74, 6) is -0.760. The van der Waals surface area contributed by atoms with Gasteiger partial charge in [-0.1, -0.05) is 54.6 Å². The van der Waals surface area contributed by atoms with Crippen LogP contribution >= 0.6 is 0 Å². The molecular formula is C30H33FN2O3. The van der Waals surface area contributed by atoms with E-state index in [9.17, 15) is 14.0 Å². The summed E-state index contributed by atoms with van der Waals surface area (Å²) in [5.41, 5.74) is 2.23. The standard InChI is InChI=1S/C30H33FN2O3/c1-33(2)30(20-23-12-7-9-15-27(23)31)18-16-25(17-19-30)32-28(34)26-14-8-6-13-24(26)21-36-29(35)22-10-4-3-5-11-22/h3-15,25H,16-21H2,1-2H3,(H,32,34). The fraction of sp³-hybridized carbons (Fsp3) is 0.333. The average Bonchev–Trinajstić information content (AvgIpc) is 2.90. The number of halogens is 1. The molecule has 1 fully saturated rings. The fourth-order valence-electron chi connectivity index (χ4n) is 5.01. The van der Waals surface area contributed by atoms with Gasteiger partial charge < -0.3 is 15.0 Å². The Morgan fingerprint density at radius 1 is 0.917 bits per heavy atom. The van der Waals surface area contributed by atoms with Crippen molar-refractivity contribution in [3.8, 4) is 0 Å². The quantitative estimate of drug-likeness (QED) is 0.432. The molecule has 188 valence electrons. The highest BCUT2D eigenvalue weighted by molar-refractivity contribution is 5.96. The normalized spacial score (nSPS) is 19.6. The van der Waals surface area contributed by atoms with E-state index in [-0.39, 0.29) is 29.9 Å². The Bertz CT molecular complexity index is 1190. The van der Waals surface area contributed by atoms with Crippen molar-refractivity contribution in [2.45, 2.75) is 50.3 Å². The third kappa shape index (κ3) is 6.00. The van der Waals surface area contributed by atoms with E-state index >= 15 is 0 Å². The van der Waals surface area contributed by atoms with Crippen LogP contribution in [0.2, 0.25) is 0 Å². The Hall–Kier alpha value is -3.51. The van der Waals surface area contributed by atoms with Crippen LogP contribution in [0.1, 0.15) is 57.5 Å². The van der Waals surface area contributed by atoms with Gasteiger partial charge in [-0.25, -0.2) is 9.18 Å². The molecule has 4 rings (SSSR count). The number of likely N-dealkylation sites (N-methyl/N-ethyl adjacent to an activating group) is 1. The molecule has 0 saturated heterocycles. The van der Waals surface area contributed by atoms with E-state index in [2.05, 4.69) is 10.2 Å². The summed E-state index contributed by atoms with van der Waals surface area (Å²) < 4.78 is 19.8. The summed E-state index contributed by atoms with van der Waals surface area (Å²) in [4.78, 5) is 27.7. The lowest BCUT2D eigenvalue weighted by Gasteiger charge is -2.45. The SMILES string of the molecule is CN(C)C1(Cc2ccccc2F)CCC(NC(=O)c2ccccc2COC(=O)c2ccccc2)CC1. The van der Waals surface area contributed by atoms with Crippen LogP contribution in [-0.2, 0) is 17.8 Å². The third-order valence-electron chi connectivity index (χ3n) is 7.31. The molecule has 3 aromatic carbocycles. The molecule has 1 aliphatic carbocycles. The van der Waals surface area contributed by atoms with Gasteiger partial charge in [-0.15, -0.1) is 0 Å². The summed E-state index contributed by atoms with van der Waals surface area (Å²) >= 11 is 0. The molecule has 1 N–H and O–H groups in total. The maximum atomic E-state index is 14.4. The van der Waals surface area contributed by atoms with Gasteiger partial charge in [0.2, 0.25) is 0 Å². The van der Waals surface area contributed by atoms with Gasteiger partial charge in [0, 0.05) is 22.7 Å². The van der Waals surface area contributed by atoms with Crippen LogP contribution in [0.25, 0.3) is 0 Å². The Balaban J connectivity index is 1.37. The van der Waals surface area contributed by atoms with Gasteiger partial charge in [-0.3, -0.25) is 4.79 Å². The van der Waals surface area contributed by atoms with Crippen LogP contribution in [0.4, 0.5) is 4.39 Å². The minimum Gasteiger partial charge on any atom is -0.457 e. The van der Waals surface area contributed by atoms with Crippen molar-refractivity contribution in [1.82, 2.24) is 10.2 Å². The smallest absolute Gasteiger partial charge is 0.338 e. The van der Waals surface area contributed by atoms with Gasteiger partial charge in [0.15, 0.2) is 0 Å². The van der Waals surface area contributed by atoms with Gasteiger partial charge in [-0.2, -0.15) is 0 Å². The third-order valence-corrected chi connectivity index (χ3v) is 7.31. The molecule has 0 unspecified atom stereocenters. The van der Waals surface area contributed by atoms with Crippen molar-refractivity contribution in [2.24, 2.45) is 0 Å². The number of nitrogens with zero attached hydrogens (tertiary/aromatic N) is 1. The number of nitrogens with one attached hydrogen (secondary N) is 1. The molecule has 0 aliphatic heterocycles. The second kappa shape index (κ2) is 11.5. The van der Waals surface area contributed by atoms with Crippen molar-refractivity contribution in [3.63, 3.8) is 0 Å². The lowest BCUT2D eigenvalue weighted by atomic mass is 9.74. The van der Waals surface area contributed by atoms with Crippen LogP contribution < -0.4 is 5.32 Å². The summed E-state index contributed by atoms with van der Waals surface area (Å²) in [6, 6.07) is 23.0. The van der Waals surface area contributed by atoms with E-state index in [0.717, 1.165) is 31.2 Å². The van der Waals surface area contributed by atoms with Crippen molar-refractivity contribution in [1.29, 1.82) is 0 Å². The molecule has 0 bridgehead atoms. The van der Waals surface area contributed by atoms with E-state index in [1.807, 2.05) is 44.4 Å². The number of rotatable bonds is 8. The number of hydrogen-bond acceptors (Lipinski definition) is 4. The fourth-order valence-corrected chi connectivity index (χ4v) is 5.01. The Morgan fingerprint density at radius 2 is 1.53 bits per heavy atom. The summed E-state index contributed by atoms with van der Waals surface area (Å²) in [7, 11) is 4.10. The first-order valence-electron chi connectivity index (χ1n) is 12.4. The van der Waals surface area contributed by atoms with Gasteiger partial charge in [0.25, 0.3) is 5.91 Å². The minimum absolute atomic E-state index is 0.0222. The zero-order valence-electron chi connectivity index (χ0n) is 20.9. The highest BCUT2D eigenvalue weighted by atomic mass is 19.1. The molecule has 1 amide bonds. The largest absolute Gasteiger partial charge is 0.457 e. The maximum Gasteiger partial charge on any atom is 0.338 e. The van der Waals surface area contributed by atoms with E-state index in [4.69, 9.17) is 4.74 Å². The summed E-state index contributed by atoms with van der Waals surface area (Å²) in [6.07, 6.45) is 3.97. The van der Waals surface area contributed by atoms with Crippen molar-refractivity contribution in [3.05, 3.63) is 107 Å². The van der Waals surface area contributed by atoms with E-state index in [1.165, 1.54) is 6.07 Å². The van der Waals surface area contributed by atoms with Crippen molar-refractivity contribution in [2.75, 3.05) is 14.1 Å². The number of hydrogen-bond donors (Lipinski definition) is 1. The Morgan fingerprint density at radius 3 is 2.19 bits per heavy atom. The molecule has 1 aliphatic rings. The van der Waals surface area contributed by atoms with Gasteiger partial charge >= 0.3 is 5.97 Å². The molecule has 36 heavy (non-hydrogen) atoms. The van der Waals surface area contributed by atoms with Crippen molar-refractivity contribution < 1.29 is 18.7 Å². The van der Waals surface area contributed by atoms with Crippen LogP contribution in [0.3, 0.4) is 0 Å². The topological polar surface area (TPSA) is 58.6 Å². The first-order chi connectivity index (χ1) is 17.4. The monoisotopic (exact) mass is 488 g/mol. The first kappa shape index (κ1) is 25.6. The van der Waals surface area contributed by atoms with Crippen LogP contribution in [0.15, 0.2) is 78.9 Å². The molecule has 0 aromatic heterocycles. The molecule has 0 spiro atoms. The van der Waals surface area contributed by atoms with Crippen LogP contribution in [0, 0.1) is 5.82 Å². The molecule has 3 aromatic rings. The number of ether oxygens (including phenoxy) is 1. The number of carbonyl (C=O) groups is 2. The Kier molecular flexibility index (Phi) is 8.16. The first-order valence-corrected chi connectivity index (χ1v) is 12.4. The van der Waals surface area contributed by atoms with E-state index in [1.54, 1.807) is 42.5 Å². The molecule has 0 heterocycles. The molecule has 1 saturated carbocycles. The second-order valence-electron chi connectivity index (χ2n) is 9.73. The number of amides is 1. The van der Waals surface area contributed by atoms with Crippen LogP contribution in [-0.4, -0.2) is 42.5 Å². The van der Waals surface area contributed by atoms with Crippen molar-refractivity contribution >= 4 is 11.9 Å². The lowest BCUT2D eigenvalue weighted by Crippen LogP contribution is -2.52. The number of carbonyl (C=O) groups excluding carboxylic acids is 2. The minimum atomic E-state index is -0.423. The highest BCUT2D eigenvalue weighted by Crippen LogP contribution is 2.36. The predicted octanol–water partition coefficient (Wildman–Crippen LogP) is 5.40. The zero-order chi connectivity index (χ0) is 25.5. The molecule has 0 radical (unpaired) electrons. The highest BCUT2D eigenvalue weighted by Gasteiger charge is 2.38. The van der Waals surface area contributed by atoms with Gasteiger partial charge in [0.1, 0.15) is 12.4 Å². The van der Waals surface area contributed by atoms with Gasteiger partial charge in [-0.05, 0) is 76.0 Å². The summed E-state index contributed by atoms with van der Waals surface area (Å²) in [5, 5.41) is 3.17. The maximum absolute atomic E-state index is 14.4. The zero-order valence-corrected chi connectivity index (χ0v) is 20.9. The average molecular weight is 489 g/mol. The molecular weight excluding hydrogens is 455 g/mol. The van der Waals surface area contributed by atoms with Gasteiger partial charge in [0.05, 0.1) is 5.56 Å². The van der Waals surface area contributed by atoms with Crippen LogP contribution in [0.5, 0.6) is 0 Å².